The number of aliphatic hydroxyl groups is 1. The summed E-state index contributed by atoms with van der Waals surface area (Å²) in [5.41, 5.74) is 0.0930. The highest BCUT2D eigenvalue weighted by Gasteiger charge is 2.20. The van der Waals surface area contributed by atoms with Crippen molar-refractivity contribution in [2.45, 2.75) is 39.7 Å². The van der Waals surface area contributed by atoms with Crippen molar-refractivity contribution >= 4 is 5.91 Å². The average Bonchev–Trinajstić information content (AvgIpc) is 2.30. The number of hydrogen-bond acceptors (Lipinski definition) is 3. The molecular formula is C13H26N2O2. The van der Waals surface area contributed by atoms with Crippen LogP contribution in [-0.4, -0.2) is 36.8 Å². The highest BCUT2D eigenvalue weighted by atomic mass is 16.2. The zero-order valence-electron chi connectivity index (χ0n) is 11.3. The molecule has 0 aliphatic rings. The molecule has 0 radical (unpaired) electrons. The van der Waals surface area contributed by atoms with Crippen LogP contribution < -0.4 is 10.6 Å². The molecule has 0 saturated heterocycles. The Balaban J connectivity index is 3.92. The molecule has 4 nitrogen and oxygen atoms in total. The Morgan fingerprint density at radius 1 is 1.53 bits per heavy atom. The lowest BCUT2D eigenvalue weighted by Gasteiger charge is -2.26. The van der Waals surface area contributed by atoms with Gasteiger partial charge in [-0.15, -0.1) is 6.58 Å². The zero-order valence-corrected chi connectivity index (χ0v) is 11.3. The topological polar surface area (TPSA) is 61.4 Å². The van der Waals surface area contributed by atoms with Gasteiger partial charge in [0.05, 0.1) is 6.04 Å². The van der Waals surface area contributed by atoms with Crippen molar-refractivity contribution in [3.8, 4) is 0 Å². The first kappa shape index (κ1) is 16.1. The van der Waals surface area contributed by atoms with Gasteiger partial charge in [-0.1, -0.05) is 19.9 Å². The number of amides is 1. The summed E-state index contributed by atoms with van der Waals surface area (Å²) < 4.78 is 0. The van der Waals surface area contributed by atoms with E-state index in [1.165, 1.54) is 0 Å². The van der Waals surface area contributed by atoms with Gasteiger partial charge >= 0.3 is 0 Å². The van der Waals surface area contributed by atoms with Crippen molar-refractivity contribution in [1.82, 2.24) is 10.6 Å². The second kappa shape index (κ2) is 8.25. The number of carbonyl (C=O) groups is 1. The number of carbonyl (C=O) groups excluding carboxylic acids is 1. The fraction of sp³-hybridized carbons (Fsp3) is 0.769. The van der Waals surface area contributed by atoms with Crippen LogP contribution in [0.1, 0.15) is 33.6 Å². The molecule has 1 atom stereocenters. The Hall–Kier alpha value is -0.870. The van der Waals surface area contributed by atoms with Crippen molar-refractivity contribution in [3.63, 3.8) is 0 Å². The van der Waals surface area contributed by atoms with Crippen LogP contribution in [-0.2, 0) is 4.79 Å². The largest absolute Gasteiger partial charge is 0.396 e. The summed E-state index contributed by atoms with van der Waals surface area (Å²) in [4.78, 5) is 11.6. The smallest absolute Gasteiger partial charge is 0.237 e. The van der Waals surface area contributed by atoms with Gasteiger partial charge in [0, 0.05) is 19.7 Å². The predicted octanol–water partition coefficient (Wildman–Crippen LogP) is 1.07. The first-order valence-electron chi connectivity index (χ1n) is 6.16. The molecule has 17 heavy (non-hydrogen) atoms. The number of hydrogen-bond donors (Lipinski definition) is 3. The van der Waals surface area contributed by atoms with E-state index in [1.54, 1.807) is 6.08 Å². The molecule has 0 aliphatic heterocycles. The van der Waals surface area contributed by atoms with E-state index in [1.807, 2.05) is 6.92 Å². The van der Waals surface area contributed by atoms with Crippen molar-refractivity contribution < 1.29 is 9.90 Å². The Kier molecular flexibility index (Phi) is 7.83. The summed E-state index contributed by atoms with van der Waals surface area (Å²) in [6.45, 7) is 11.1. The molecule has 0 rings (SSSR count). The lowest BCUT2D eigenvalue weighted by atomic mass is 9.87. The maximum atomic E-state index is 11.6. The van der Waals surface area contributed by atoms with Crippen LogP contribution in [0, 0.1) is 5.41 Å². The maximum absolute atomic E-state index is 11.6. The first-order valence-corrected chi connectivity index (χ1v) is 6.16. The van der Waals surface area contributed by atoms with E-state index in [0.717, 1.165) is 19.4 Å². The summed E-state index contributed by atoms with van der Waals surface area (Å²) in [5, 5.41) is 14.8. The van der Waals surface area contributed by atoms with Gasteiger partial charge in [-0.3, -0.25) is 4.79 Å². The number of aliphatic hydroxyl groups excluding tert-OH is 1. The van der Waals surface area contributed by atoms with Crippen molar-refractivity contribution in [3.05, 3.63) is 12.7 Å². The number of nitrogens with one attached hydrogen (secondary N) is 2. The Bertz CT molecular complexity index is 240. The molecule has 0 saturated carbocycles. The molecular weight excluding hydrogens is 216 g/mol. The Labute approximate surface area is 104 Å². The van der Waals surface area contributed by atoms with E-state index in [-0.39, 0.29) is 24.0 Å². The van der Waals surface area contributed by atoms with Crippen molar-refractivity contribution in [2.75, 3.05) is 19.7 Å². The van der Waals surface area contributed by atoms with Crippen LogP contribution in [0.4, 0.5) is 0 Å². The minimum Gasteiger partial charge on any atom is -0.396 e. The van der Waals surface area contributed by atoms with Crippen LogP contribution in [0.5, 0.6) is 0 Å². The highest BCUT2D eigenvalue weighted by molar-refractivity contribution is 5.81. The van der Waals surface area contributed by atoms with Crippen LogP contribution >= 0.6 is 0 Å². The fourth-order valence-corrected chi connectivity index (χ4v) is 1.49. The van der Waals surface area contributed by atoms with E-state index in [9.17, 15) is 4.79 Å². The molecule has 100 valence electrons. The van der Waals surface area contributed by atoms with Gasteiger partial charge in [0.1, 0.15) is 0 Å². The molecule has 0 aromatic rings. The van der Waals surface area contributed by atoms with Gasteiger partial charge in [-0.2, -0.15) is 0 Å². The van der Waals surface area contributed by atoms with Gasteiger partial charge in [-0.25, -0.2) is 0 Å². The van der Waals surface area contributed by atoms with E-state index in [2.05, 4.69) is 31.1 Å². The van der Waals surface area contributed by atoms with E-state index >= 15 is 0 Å². The fourth-order valence-electron chi connectivity index (χ4n) is 1.49. The first-order chi connectivity index (χ1) is 7.93. The molecule has 1 amide bonds. The quantitative estimate of drug-likeness (QED) is 0.530. The molecule has 0 heterocycles. The minimum atomic E-state index is -0.205. The van der Waals surface area contributed by atoms with Gasteiger partial charge in [0.25, 0.3) is 0 Å². The molecule has 0 spiro atoms. The second-order valence-electron chi connectivity index (χ2n) is 5.13. The van der Waals surface area contributed by atoms with Gasteiger partial charge in [0.2, 0.25) is 5.91 Å². The van der Waals surface area contributed by atoms with Gasteiger partial charge in [-0.05, 0) is 25.2 Å². The van der Waals surface area contributed by atoms with E-state index < -0.39 is 0 Å². The third kappa shape index (κ3) is 7.94. The highest BCUT2D eigenvalue weighted by Crippen LogP contribution is 2.20. The monoisotopic (exact) mass is 242 g/mol. The van der Waals surface area contributed by atoms with Crippen LogP contribution in [0.15, 0.2) is 12.7 Å². The lowest BCUT2D eigenvalue weighted by molar-refractivity contribution is -0.122. The summed E-state index contributed by atoms with van der Waals surface area (Å²) in [7, 11) is 0. The average molecular weight is 242 g/mol. The second-order valence-corrected chi connectivity index (χ2v) is 5.13. The zero-order chi connectivity index (χ0) is 13.3. The maximum Gasteiger partial charge on any atom is 0.237 e. The minimum absolute atomic E-state index is 0.0112. The molecule has 0 aromatic carbocycles. The summed E-state index contributed by atoms with van der Waals surface area (Å²) in [5.74, 6) is -0.0112. The lowest BCUT2D eigenvalue weighted by Crippen LogP contribution is -2.45. The van der Waals surface area contributed by atoms with Gasteiger partial charge in [0.15, 0.2) is 0 Å². The molecule has 1 unspecified atom stereocenters. The summed E-state index contributed by atoms with van der Waals surface area (Å²) >= 11 is 0. The van der Waals surface area contributed by atoms with E-state index in [0.29, 0.717) is 6.54 Å². The SMILES string of the molecule is C=CCNC(=O)C(C)NCC(C)(C)CCCO. The standard InChI is InChI=1S/C13H26N2O2/c1-5-8-14-12(17)11(2)15-10-13(3,4)7-6-9-16/h5,11,15-16H,1,6-10H2,2-4H3,(H,14,17). The molecule has 3 N–H and O–H groups in total. The molecule has 0 fully saturated rings. The van der Waals surface area contributed by atoms with Crippen LogP contribution in [0.3, 0.4) is 0 Å². The molecule has 0 bridgehead atoms. The van der Waals surface area contributed by atoms with E-state index in [4.69, 9.17) is 5.11 Å². The third-order valence-electron chi connectivity index (χ3n) is 2.71. The number of rotatable bonds is 9. The van der Waals surface area contributed by atoms with Crippen molar-refractivity contribution in [2.24, 2.45) is 5.41 Å². The predicted molar refractivity (Wildman–Crippen MR) is 70.8 cm³/mol. The third-order valence-corrected chi connectivity index (χ3v) is 2.71. The summed E-state index contributed by atoms with van der Waals surface area (Å²) in [6, 6.07) is -0.205. The summed E-state index contributed by atoms with van der Waals surface area (Å²) in [6.07, 6.45) is 3.40. The Morgan fingerprint density at radius 3 is 2.71 bits per heavy atom. The van der Waals surface area contributed by atoms with Crippen LogP contribution in [0.25, 0.3) is 0 Å². The normalized spacial score (nSPS) is 13.2. The molecule has 4 heteroatoms. The Morgan fingerprint density at radius 2 is 2.18 bits per heavy atom. The van der Waals surface area contributed by atoms with Crippen molar-refractivity contribution in [1.29, 1.82) is 0 Å². The van der Waals surface area contributed by atoms with Gasteiger partial charge < -0.3 is 15.7 Å². The molecule has 0 aliphatic carbocycles. The van der Waals surface area contributed by atoms with Crippen LogP contribution in [0.2, 0.25) is 0 Å². The molecule has 0 aromatic heterocycles.